The van der Waals surface area contributed by atoms with E-state index >= 15 is 0 Å². The first kappa shape index (κ1) is 22.6. The highest BCUT2D eigenvalue weighted by Gasteiger charge is 2.27. The zero-order valence-corrected chi connectivity index (χ0v) is 18.9. The Morgan fingerprint density at radius 2 is 1.52 bits per heavy atom. The van der Waals surface area contributed by atoms with Crippen molar-refractivity contribution in [2.75, 3.05) is 10.8 Å². The van der Waals surface area contributed by atoms with Crippen LogP contribution in [0.4, 0.5) is 5.69 Å². The summed E-state index contributed by atoms with van der Waals surface area (Å²) in [6, 6.07) is 22.8. The van der Waals surface area contributed by atoms with E-state index in [9.17, 15) is 13.2 Å². The molecule has 0 fully saturated rings. The monoisotopic (exact) mass is 436 g/mol. The first-order valence-electron chi connectivity index (χ1n) is 10.3. The lowest BCUT2D eigenvalue weighted by atomic mass is 9.99. The number of nitrogens with one attached hydrogen (secondary N) is 1. The summed E-state index contributed by atoms with van der Waals surface area (Å²) in [5, 5.41) is 3.01. The molecule has 1 amide bonds. The number of amides is 1. The minimum Gasteiger partial charge on any atom is -0.348 e. The molecule has 3 aromatic rings. The zero-order valence-electron chi connectivity index (χ0n) is 18.1. The van der Waals surface area contributed by atoms with Crippen LogP contribution in [0.25, 0.3) is 0 Å². The number of sulfonamides is 1. The molecule has 1 atom stereocenters. The van der Waals surface area contributed by atoms with Crippen LogP contribution in [0.5, 0.6) is 0 Å². The van der Waals surface area contributed by atoms with Gasteiger partial charge in [0.1, 0.15) is 6.54 Å². The number of nitrogens with zero attached hydrogens (tertiary/aromatic N) is 1. The second kappa shape index (κ2) is 9.79. The van der Waals surface area contributed by atoms with Crippen LogP contribution in [0.2, 0.25) is 0 Å². The maximum Gasteiger partial charge on any atom is 0.264 e. The van der Waals surface area contributed by atoms with Gasteiger partial charge in [-0.2, -0.15) is 0 Å². The summed E-state index contributed by atoms with van der Waals surface area (Å²) in [4.78, 5) is 13.1. The van der Waals surface area contributed by atoms with Gasteiger partial charge in [0.2, 0.25) is 5.91 Å². The summed E-state index contributed by atoms with van der Waals surface area (Å²) in [5.41, 5.74) is 3.80. The molecule has 5 nitrogen and oxygen atoms in total. The van der Waals surface area contributed by atoms with E-state index in [0.717, 1.165) is 15.4 Å². The minimum absolute atomic E-state index is 0.146. The molecule has 3 aromatic carbocycles. The molecule has 0 radical (unpaired) electrons. The Morgan fingerprint density at radius 3 is 2.10 bits per heavy atom. The van der Waals surface area contributed by atoms with Crippen molar-refractivity contribution >= 4 is 21.6 Å². The van der Waals surface area contributed by atoms with Crippen LogP contribution in [0.1, 0.15) is 36.1 Å². The molecular formula is C25H28N2O3S. The van der Waals surface area contributed by atoms with Crippen LogP contribution in [0, 0.1) is 13.8 Å². The van der Waals surface area contributed by atoms with Gasteiger partial charge in [-0.15, -0.1) is 0 Å². The standard InChI is InChI=1S/C25H28N2O3S/c1-4-24(21-16-15-19(2)20(3)17-21)26-25(28)18-27(22-11-7-5-8-12-22)31(29,30)23-13-9-6-10-14-23/h5-17,24H,4,18H2,1-3H3,(H,26,28). The molecule has 0 saturated carbocycles. The SMILES string of the molecule is CCC(NC(=O)CN(c1ccccc1)S(=O)(=O)c1ccccc1)c1ccc(C)c(C)c1. The summed E-state index contributed by atoms with van der Waals surface area (Å²) >= 11 is 0. The normalized spacial score (nSPS) is 12.2. The van der Waals surface area contributed by atoms with Gasteiger partial charge in [0.05, 0.1) is 16.6 Å². The Balaban J connectivity index is 1.87. The lowest BCUT2D eigenvalue weighted by Crippen LogP contribution is -2.42. The fourth-order valence-electron chi connectivity index (χ4n) is 3.40. The topological polar surface area (TPSA) is 66.5 Å². The number of carbonyl (C=O) groups is 1. The van der Waals surface area contributed by atoms with Gasteiger partial charge in [-0.1, -0.05) is 61.5 Å². The van der Waals surface area contributed by atoms with E-state index in [1.165, 1.54) is 17.7 Å². The third-order valence-corrected chi connectivity index (χ3v) is 7.13. The van der Waals surface area contributed by atoms with Crippen molar-refractivity contribution in [1.29, 1.82) is 0 Å². The highest BCUT2D eigenvalue weighted by Crippen LogP contribution is 2.24. The van der Waals surface area contributed by atoms with Gasteiger partial charge in [0.15, 0.2) is 0 Å². The molecule has 0 saturated heterocycles. The maximum atomic E-state index is 13.3. The molecule has 0 spiro atoms. The summed E-state index contributed by atoms with van der Waals surface area (Å²) in [5.74, 6) is -0.353. The Bertz CT molecular complexity index is 1130. The number of benzene rings is 3. The first-order valence-corrected chi connectivity index (χ1v) is 11.8. The van der Waals surface area contributed by atoms with Gasteiger partial charge >= 0.3 is 0 Å². The summed E-state index contributed by atoms with van der Waals surface area (Å²) in [6.45, 7) is 5.78. The lowest BCUT2D eigenvalue weighted by molar-refractivity contribution is -0.120. The number of aryl methyl sites for hydroxylation is 2. The Hall–Kier alpha value is -3.12. The van der Waals surface area contributed by atoms with Crippen molar-refractivity contribution in [2.24, 2.45) is 0 Å². The number of rotatable bonds is 8. The van der Waals surface area contributed by atoms with Crippen molar-refractivity contribution in [3.8, 4) is 0 Å². The Labute approximate surface area is 184 Å². The van der Waals surface area contributed by atoms with E-state index in [2.05, 4.69) is 11.4 Å². The van der Waals surface area contributed by atoms with Crippen LogP contribution in [0.3, 0.4) is 0 Å². The summed E-state index contributed by atoms with van der Waals surface area (Å²) < 4.78 is 27.8. The van der Waals surface area contributed by atoms with E-state index in [0.29, 0.717) is 12.1 Å². The molecule has 0 aliphatic carbocycles. The summed E-state index contributed by atoms with van der Waals surface area (Å²) in [7, 11) is -3.90. The number of carbonyl (C=O) groups excluding carboxylic acids is 1. The van der Waals surface area contributed by atoms with E-state index in [4.69, 9.17) is 0 Å². The largest absolute Gasteiger partial charge is 0.348 e. The number of anilines is 1. The van der Waals surface area contributed by atoms with Crippen LogP contribution < -0.4 is 9.62 Å². The Morgan fingerprint density at radius 1 is 0.903 bits per heavy atom. The quantitative estimate of drug-likeness (QED) is 0.553. The van der Waals surface area contributed by atoms with Crippen molar-refractivity contribution in [1.82, 2.24) is 5.32 Å². The first-order chi connectivity index (χ1) is 14.8. The maximum absolute atomic E-state index is 13.3. The number of para-hydroxylation sites is 1. The average molecular weight is 437 g/mol. The lowest BCUT2D eigenvalue weighted by Gasteiger charge is -2.26. The van der Waals surface area contributed by atoms with Gasteiger partial charge in [-0.05, 0) is 61.2 Å². The van der Waals surface area contributed by atoms with E-state index < -0.39 is 10.0 Å². The second-order valence-corrected chi connectivity index (χ2v) is 9.39. The molecule has 6 heteroatoms. The van der Waals surface area contributed by atoms with Crippen molar-refractivity contribution < 1.29 is 13.2 Å². The molecule has 1 N–H and O–H groups in total. The fourth-order valence-corrected chi connectivity index (χ4v) is 4.84. The predicted octanol–water partition coefficient (Wildman–Crippen LogP) is 4.77. The highest BCUT2D eigenvalue weighted by molar-refractivity contribution is 7.92. The molecule has 0 aliphatic rings. The zero-order chi connectivity index (χ0) is 22.4. The predicted molar refractivity (Wildman–Crippen MR) is 125 cm³/mol. The van der Waals surface area contributed by atoms with Crippen molar-refractivity contribution in [2.45, 2.75) is 38.1 Å². The number of hydrogen-bond donors (Lipinski definition) is 1. The second-order valence-electron chi connectivity index (χ2n) is 7.53. The van der Waals surface area contributed by atoms with Gasteiger partial charge in [0.25, 0.3) is 10.0 Å². The van der Waals surface area contributed by atoms with E-state index in [1.807, 2.05) is 39.0 Å². The van der Waals surface area contributed by atoms with Gasteiger partial charge in [0, 0.05) is 0 Å². The molecule has 0 heterocycles. The van der Waals surface area contributed by atoms with Crippen LogP contribution in [-0.4, -0.2) is 20.9 Å². The smallest absolute Gasteiger partial charge is 0.264 e. The number of hydrogen-bond acceptors (Lipinski definition) is 3. The summed E-state index contributed by atoms with van der Waals surface area (Å²) in [6.07, 6.45) is 0.699. The molecule has 0 bridgehead atoms. The third-order valence-electron chi connectivity index (χ3n) is 5.34. The van der Waals surface area contributed by atoms with Gasteiger partial charge < -0.3 is 5.32 Å². The molecule has 162 valence electrons. The van der Waals surface area contributed by atoms with Gasteiger partial charge in [-0.25, -0.2) is 8.42 Å². The Kier molecular flexibility index (Phi) is 7.13. The minimum atomic E-state index is -3.90. The van der Waals surface area contributed by atoms with Crippen LogP contribution in [0.15, 0.2) is 83.8 Å². The third kappa shape index (κ3) is 5.33. The van der Waals surface area contributed by atoms with Crippen LogP contribution >= 0.6 is 0 Å². The molecule has 0 aliphatic heterocycles. The molecule has 31 heavy (non-hydrogen) atoms. The molecular weight excluding hydrogens is 408 g/mol. The van der Waals surface area contributed by atoms with E-state index in [-0.39, 0.29) is 23.4 Å². The highest BCUT2D eigenvalue weighted by atomic mass is 32.2. The molecule has 3 rings (SSSR count). The fraction of sp³-hybridized carbons (Fsp3) is 0.240. The van der Waals surface area contributed by atoms with Crippen LogP contribution in [-0.2, 0) is 14.8 Å². The molecule has 1 unspecified atom stereocenters. The average Bonchev–Trinajstić information content (AvgIpc) is 2.79. The van der Waals surface area contributed by atoms with Gasteiger partial charge in [-0.3, -0.25) is 9.10 Å². The van der Waals surface area contributed by atoms with Crippen molar-refractivity contribution in [3.63, 3.8) is 0 Å². The van der Waals surface area contributed by atoms with E-state index in [1.54, 1.807) is 42.5 Å². The van der Waals surface area contributed by atoms with Crippen molar-refractivity contribution in [3.05, 3.63) is 95.6 Å². The molecule has 0 aromatic heterocycles.